The van der Waals surface area contributed by atoms with E-state index in [9.17, 15) is 0 Å². The van der Waals surface area contributed by atoms with Gasteiger partial charge in [-0.3, -0.25) is 4.99 Å². The van der Waals surface area contributed by atoms with Gasteiger partial charge in [0.25, 0.3) is 0 Å². The predicted octanol–water partition coefficient (Wildman–Crippen LogP) is 1.60. The molecule has 25 heavy (non-hydrogen) atoms. The fourth-order valence-electron chi connectivity index (χ4n) is 2.76. The average Bonchev–Trinajstić information content (AvgIpc) is 3.05. The second-order valence-electron chi connectivity index (χ2n) is 6.53. The number of aliphatic imine (C=N–C) groups is 1. The number of aromatic nitrogens is 1. The van der Waals surface area contributed by atoms with E-state index in [-0.39, 0.29) is 29.5 Å². The third kappa shape index (κ3) is 6.22. The van der Waals surface area contributed by atoms with Crippen molar-refractivity contribution < 1.29 is 4.74 Å². The Morgan fingerprint density at radius 2 is 1.96 bits per heavy atom. The molecule has 2 rings (SSSR count). The standard InChI is InChI=1S/C16H30N6OS.HI/c1-17-14(18-10-13-11-24-15(20-13)21(2)3)19-12-16(22(4)5)6-8-23-9-7-16;/h11H,6-10,12H2,1-5H3,(H2,17,18,19);1H. The summed E-state index contributed by atoms with van der Waals surface area (Å²) in [6.45, 7) is 3.15. The predicted molar refractivity (Wildman–Crippen MR) is 117 cm³/mol. The van der Waals surface area contributed by atoms with E-state index in [1.165, 1.54) is 0 Å². The first-order valence-electron chi connectivity index (χ1n) is 8.28. The lowest BCUT2D eigenvalue weighted by molar-refractivity contribution is -0.00501. The number of anilines is 1. The largest absolute Gasteiger partial charge is 0.381 e. The van der Waals surface area contributed by atoms with Crippen molar-refractivity contribution in [2.45, 2.75) is 24.9 Å². The molecule has 0 unspecified atom stereocenters. The molecule has 9 heteroatoms. The van der Waals surface area contributed by atoms with Crippen LogP contribution in [0.2, 0.25) is 0 Å². The summed E-state index contributed by atoms with van der Waals surface area (Å²) in [6, 6.07) is 0. The van der Waals surface area contributed by atoms with Crippen LogP contribution in [0.3, 0.4) is 0 Å². The highest BCUT2D eigenvalue weighted by Crippen LogP contribution is 2.25. The zero-order chi connectivity index (χ0) is 17.6. The van der Waals surface area contributed by atoms with Crippen molar-refractivity contribution >= 4 is 46.4 Å². The minimum atomic E-state index is 0. The van der Waals surface area contributed by atoms with Crippen molar-refractivity contribution in [1.82, 2.24) is 20.5 Å². The molecule has 2 N–H and O–H groups in total. The summed E-state index contributed by atoms with van der Waals surface area (Å²) in [7, 11) is 10.1. The summed E-state index contributed by atoms with van der Waals surface area (Å²) in [4.78, 5) is 13.2. The summed E-state index contributed by atoms with van der Waals surface area (Å²) in [6.07, 6.45) is 2.06. The van der Waals surface area contributed by atoms with E-state index in [0.717, 1.165) is 49.4 Å². The zero-order valence-electron chi connectivity index (χ0n) is 15.8. The fourth-order valence-corrected chi connectivity index (χ4v) is 3.52. The molecule has 7 nitrogen and oxygen atoms in total. The molecule has 0 radical (unpaired) electrons. The number of ether oxygens (including phenoxy) is 1. The van der Waals surface area contributed by atoms with E-state index >= 15 is 0 Å². The van der Waals surface area contributed by atoms with E-state index in [0.29, 0.717) is 6.54 Å². The van der Waals surface area contributed by atoms with Crippen LogP contribution >= 0.6 is 35.3 Å². The Bertz CT molecular complexity index is 542. The molecule has 1 aromatic heterocycles. The van der Waals surface area contributed by atoms with Gasteiger partial charge < -0.3 is 25.2 Å². The molecule has 1 saturated heterocycles. The van der Waals surface area contributed by atoms with Crippen LogP contribution in [0.15, 0.2) is 10.4 Å². The number of halogens is 1. The maximum atomic E-state index is 5.52. The molecule has 1 aliphatic heterocycles. The van der Waals surface area contributed by atoms with Crippen LogP contribution < -0.4 is 15.5 Å². The number of hydrogen-bond donors (Lipinski definition) is 2. The molecule has 0 aromatic carbocycles. The van der Waals surface area contributed by atoms with Gasteiger partial charge in [0.15, 0.2) is 11.1 Å². The minimum absolute atomic E-state index is 0. The molecule has 2 heterocycles. The third-order valence-corrected chi connectivity index (χ3v) is 5.60. The lowest BCUT2D eigenvalue weighted by Crippen LogP contribution is -2.57. The molecule has 0 aliphatic carbocycles. The Morgan fingerprint density at radius 3 is 2.48 bits per heavy atom. The molecule has 0 amide bonds. The second-order valence-corrected chi connectivity index (χ2v) is 7.36. The Labute approximate surface area is 172 Å². The molecule has 0 saturated carbocycles. The van der Waals surface area contributed by atoms with Gasteiger partial charge in [-0.05, 0) is 26.9 Å². The van der Waals surface area contributed by atoms with Crippen molar-refractivity contribution in [3.8, 4) is 0 Å². The summed E-state index contributed by atoms with van der Waals surface area (Å²) in [5.74, 6) is 0.808. The van der Waals surface area contributed by atoms with E-state index in [4.69, 9.17) is 4.74 Å². The molecule has 0 bridgehead atoms. The first-order chi connectivity index (χ1) is 11.5. The van der Waals surface area contributed by atoms with Crippen molar-refractivity contribution in [1.29, 1.82) is 0 Å². The molecule has 0 atom stereocenters. The van der Waals surface area contributed by atoms with Gasteiger partial charge in [-0.25, -0.2) is 4.98 Å². The van der Waals surface area contributed by atoms with Crippen molar-refractivity contribution in [2.24, 2.45) is 4.99 Å². The normalized spacial score (nSPS) is 17.1. The van der Waals surface area contributed by atoms with Crippen molar-refractivity contribution in [3.05, 3.63) is 11.1 Å². The van der Waals surface area contributed by atoms with Crippen LogP contribution in [-0.2, 0) is 11.3 Å². The van der Waals surface area contributed by atoms with Crippen LogP contribution in [0.4, 0.5) is 5.13 Å². The number of nitrogens with zero attached hydrogens (tertiary/aromatic N) is 4. The minimum Gasteiger partial charge on any atom is -0.381 e. The smallest absolute Gasteiger partial charge is 0.191 e. The molecule has 1 fully saturated rings. The van der Waals surface area contributed by atoms with Crippen molar-refractivity contribution in [3.63, 3.8) is 0 Å². The molecular formula is C16H31IN6OS. The van der Waals surface area contributed by atoms with Crippen molar-refractivity contribution in [2.75, 3.05) is 59.9 Å². The summed E-state index contributed by atoms with van der Waals surface area (Å²) in [5, 5.41) is 9.91. The van der Waals surface area contributed by atoms with Crippen LogP contribution in [0.5, 0.6) is 0 Å². The van der Waals surface area contributed by atoms with E-state index in [1.54, 1.807) is 18.4 Å². The molecule has 1 aliphatic rings. The van der Waals surface area contributed by atoms with Gasteiger partial charge in [0.2, 0.25) is 0 Å². The Morgan fingerprint density at radius 1 is 1.28 bits per heavy atom. The molecule has 0 spiro atoms. The quantitative estimate of drug-likeness (QED) is 0.365. The van der Waals surface area contributed by atoms with Gasteiger partial charge in [0.05, 0.1) is 12.2 Å². The van der Waals surface area contributed by atoms with Crippen LogP contribution in [0, 0.1) is 0 Å². The van der Waals surface area contributed by atoms with Gasteiger partial charge in [-0.2, -0.15) is 0 Å². The SMILES string of the molecule is CN=C(NCc1csc(N(C)C)n1)NCC1(N(C)C)CCOCC1.I. The molecular weight excluding hydrogens is 451 g/mol. The highest BCUT2D eigenvalue weighted by atomic mass is 127. The van der Waals surface area contributed by atoms with Crippen LogP contribution in [-0.4, -0.2) is 76.4 Å². The fraction of sp³-hybridized carbons (Fsp3) is 0.750. The Hall–Kier alpha value is -0.650. The number of guanidine groups is 1. The maximum Gasteiger partial charge on any atom is 0.191 e. The van der Waals surface area contributed by atoms with Gasteiger partial charge >= 0.3 is 0 Å². The van der Waals surface area contributed by atoms with Gasteiger partial charge in [-0.15, -0.1) is 35.3 Å². The van der Waals surface area contributed by atoms with Gasteiger partial charge in [-0.1, -0.05) is 0 Å². The molecule has 144 valence electrons. The number of likely N-dealkylation sites (N-methyl/N-ethyl adjacent to an activating group) is 1. The lowest BCUT2D eigenvalue weighted by atomic mass is 9.88. The zero-order valence-corrected chi connectivity index (χ0v) is 19.0. The molecule has 1 aromatic rings. The number of rotatable bonds is 6. The van der Waals surface area contributed by atoms with Crippen LogP contribution in [0.1, 0.15) is 18.5 Å². The van der Waals surface area contributed by atoms with E-state index in [2.05, 4.69) is 45.0 Å². The summed E-state index contributed by atoms with van der Waals surface area (Å²) >= 11 is 1.65. The first kappa shape index (κ1) is 22.4. The highest BCUT2D eigenvalue weighted by Gasteiger charge is 2.34. The van der Waals surface area contributed by atoms with E-state index in [1.807, 2.05) is 19.0 Å². The van der Waals surface area contributed by atoms with Crippen LogP contribution in [0.25, 0.3) is 0 Å². The monoisotopic (exact) mass is 482 g/mol. The average molecular weight is 482 g/mol. The Kier molecular flexibility index (Phi) is 9.39. The topological polar surface area (TPSA) is 65.0 Å². The van der Waals surface area contributed by atoms with Gasteiger partial charge in [0, 0.05) is 51.8 Å². The third-order valence-electron chi connectivity index (χ3n) is 4.54. The number of hydrogen-bond acceptors (Lipinski definition) is 6. The Balaban J connectivity index is 0.00000312. The lowest BCUT2D eigenvalue weighted by Gasteiger charge is -2.43. The van der Waals surface area contributed by atoms with Gasteiger partial charge in [0.1, 0.15) is 0 Å². The number of nitrogens with one attached hydrogen (secondary N) is 2. The summed E-state index contributed by atoms with van der Waals surface area (Å²) in [5.41, 5.74) is 1.15. The highest BCUT2D eigenvalue weighted by molar-refractivity contribution is 14.0. The second kappa shape index (κ2) is 10.5. The number of thiazole rings is 1. The first-order valence-corrected chi connectivity index (χ1v) is 9.16. The van der Waals surface area contributed by atoms with E-state index < -0.39 is 0 Å². The summed E-state index contributed by atoms with van der Waals surface area (Å²) < 4.78 is 5.52. The maximum absolute atomic E-state index is 5.52.